The fourth-order valence-electron chi connectivity index (χ4n) is 2.05. The molecule has 2 aromatic rings. The van der Waals surface area contributed by atoms with Gasteiger partial charge >= 0.3 is 0 Å². The molecule has 0 aliphatic heterocycles. The van der Waals surface area contributed by atoms with Gasteiger partial charge in [0.1, 0.15) is 11.3 Å². The summed E-state index contributed by atoms with van der Waals surface area (Å²) >= 11 is 3.45. The second-order valence-corrected chi connectivity index (χ2v) is 5.21. The lowest BCUT2D eigenvalue weighted by Crippen LogP contribution is -2.25. The van der Waals surface area contributed by atoms with Gasteiger partial charge in [-0.1, -0.05) is 13.0 Å². The second-order valence-electron chi connectivity index (χ2n) is 4.29. The van der Waals surface area contributed by atoms with Crippen LogP contribution in [0.5, 0.6) is 0 Å². The van der Waals surface area contributed by atoms with E-state index in [9.17, 15) is 4.79 Å². The van der Waals surface area contributed by atoms with E-state index >= 15 is 0 Å². The molecular weight excluding hydrogens is 306 g/mol. The highest BCUT2D eigenvalue weighted by Gasteiger charge is 2.18. The number of nitrogens with one attached hydrogen (secondary N) is 1. The Kier molecular flexibility index (Phi) is 4.04. The van der Waals surface area contributed by atoms with Crippen LogP contribution >= 0.6 is 15.9 Å². The quantitative estimate of drug-likeness (QED) is 0.880. The maximum atomic E-state index is 12.2. The van der Waals surface area contributed by atoms with Crippen molar-refractivity contribution in [1.82, 2.24) is 14.7 Å². The minimum Gasteiger partial charge on any atom is -0.347 e. The summed E-state index contributed by atoms with van der Waals surface area (Å²) in [5.74, 6) is -0.123. The number of amides is 1. The van der Waals surface area contributed by atoms with Crippen molar-refractivity contribution in [1.29, 1.82) is 0 Å². The van der Waals surface area contributed by atoms with E-state index in [-0.39, 0.29) is 5.91 Å². The van der Waals surface area contributed by atoms with Gasteiger partial charge in [-0.25, -0.2) is 4.98 Å². The zero-order valence-electron chi connectivity index (χ0n) is 11.0. The highest BCUT2D eigenvalue weighted by atomic mass is 79.9. The minimum absolute atomic E-state index is 0.123. The van der Waals surface area contributed by atoms with Crippen molar-refractivity contribution >= 4 is 27.5 Å². The SMILES string of the molecule is C=CCNC(=O)c1c(CC)nc2c(C)cc(Br)cn12. The Hall–Kier alpha value is -1.62. The number of carbonyl (C=O) groups is 1. The molecule has 0 aliphatic rings. The molecule has 2 aromatic heterocycles. The summed E-state index contributed by atoms with van der Waals surface area (Å²) in [7, 11) is 0. The van der Waals surface area contributed by atoms with Crippen molar-refractivity contribution < 1.29 is 4.79 Å². The molecule has 0 radical (unpaired) electrons. The molecule has 19 heavy (non-hydrogen) atoms. The Morgan fingerprint density at radius 1 is 1.63 bits per heavy atom. The summed E-state index contributed by atoms with van der Waals surface area (Å²) in [4.78, 5) is 16.8. The van der Waals surface area contributed by atoms with E-state index in [4.69, 9.17) is 0 Å². The third-order valence-corrected chi connectivity index (χ3v) is 3.33. The number of imidazole rings is 1. The Morgan fingerprint density at radius 2 is 2.37 bits per heavy atom. The van der Waals surface area contributed by atoms with Gasteiger partial charge < -0.3 is 5.32 Å². The molecule has 0 fully saturated rings. The standard InChI is InChI=1S/C14H16BrN3O/c1-4-6-16-14(19)12-11(5-2)17-13-9(3)7-10(15)8-18(12)13/h4,7-8H,1,5-6H2,2-3H3,(H,16,19). The predicted octanol–water partition coefficient (Wildman–Crippen LogP) is 2.88. The molecule has 0 aliphatic carbocycles. The van der Waals surface area contributed by atoms with Crippen LogP contribution in [0, 0.1) is 6.92 Å². The van der Waals surface area contributed by atoms with Crippen LogP contribution in [0.4, 0.5) is 0 Å². The Balaban J connectivity index is 2.63. The van der Waals surface area contributed by atoms with Crippen LogP contribution in [0.3, 0.4) is 0 Å². The topological polar surface area (TPSA) is 46.4 Å². The minimum atomic E-state index is -0.123. The number of aryl methyl sites for hydroxylation is 2. The van der Waals surface area contributed by atoms with E-state index in [1.165, 1.54) is 0 Å². The highest BCUT2D eigenvalue weighted by molar-refractivity contribution is 9.10. The van der Waals surface area contributed by atoms with Gasteiger partial charge in [0.2, 0.25) is 0 Å². The lowest BCUT2D eigenvalue weighted by Gasteiger charge is -2.05. The highest BCUT2D eigenvalue weighted by Crippen LogP contribution is 2.21. The molecule has 0 spiro atoms. The van der Waals surface area contributed by atoms with Crippen molar-refractivity contribution in [3.05, 3.63) is 46.3 Å². The van der Waals surface area contributed by atoms with Crippen molar-refractivity contribution in [2.45, 2.75) is 20.3 Å². The van der Waals surface area contributed by atoms with E-state index in [0.717, 1.165) is 27.8 Å². The first kappa shape index (κ1) is 13.8. The van der Waals surface area contributed by atoms with E-state index < -0.39 is 0 Å². The lowest BCUT2D eigenvalue weighted by molar-refractivity contribution is 0.0951. The van der Waals surface area contributed by atoms with Crippen molar-refractivity contribution in [3.63, 3.8) is 0 Å². The summed E-state index contributed by atoms with van der Waals surface area (Å²) in [6.07, 6.45) is 4.25. The Morgan fingerprint density at radius 3 is 3.00 bits per heavy atom. The van der Waals surface area contributed by atoms with Crippen molar-refractivity contribution in [3.8, 4) is 0 Å². The molecule has 2 rings (SSSR count). The second kappa shape index (κ2) is 5.57. The van der Waals surface area contributed by atoms with Gasteiger partial charge in [0, 0.05) is 17.2 Å². The first-order chi connectivity index (χ1) is 9.08. The number of carbonyl (C=O) groups excluding carboxylic acids is 1. The predicted molar refractivity (Wildman–Crippen MR) is 79.5 cm³/mol. The molecule has 0 aromatic carbocycles. The molecule has 0 saturated carbocycles. The average Bonchev–Trinajstić information content (AvgIpc) is 2.74. The van der Waals surface area contributed by atoms with Crippen LogP contribution in [0.1, 0.15) is 28.7 Å². The fraction of sp³-hybridized carbons (Fsp3) is 0.286. The first-order valence-corrected chi connectivity index (χ1v) is 6.94. The average molecular weight is 322 g/mol. The van der Waals surface area contributed by atoms with Gasteiger partial charge in [-0.2, -0.15) is 0 Å². The van der Waals surface area contributed by atoms with Gasteiger partial charge in [0.05, 0.1) is 5.69 Å². The van der Waals surface area contributed by atoms with Gasteiger partial charge in [-0.3, -0.25) is 9.20 Å². The molecule has 4 nitrogen and oxygen atoms in total. The van der Waals surface area contributed by atoms with E-state index in [2.05, 4.69) is 32.8 Å². The lowest BCUT2D eigenvalue weighted by atomic mass is 10.2. The van der Waals surface area contributed by atoms with Crippen LogP contribution in [0.15, 0.2) is 29.4 Å². The van der Waals surface area contributed by atoms with Crippen LogP contribution < -0.4 is 5.32 Å². The number of rotatable bonds is 4. The molecule has 2 heterocycles. The molecule has 0 atom stereocenters. The number of fused-ring (bicyclic) bond motifs is 1. The summed E-state index contributed by atoms with van der Waals surface area (Å²) in [6, 6.07) is 1.99. The maximum absolute atomic E-state index is 12.2. The summed E-state index contributed by atoms with van der Waals surface area (Å²) in [5, 5.41) is 2.81. The number of halogens is 1. The van der Waals surface area contributed by atoms with E-state index in [1.807, 2.05) is 30.5 Å². The van der Waals surface area contributed by atoms with Gasteiger partial charge in [0.15, 0.2) is 0 Å². The zero-order valence-corrected chi connectivity index (χ0v) is 12.6. The number of nitrogens with zero attached hydrogens (tertiary/aromatic N) is 2. The number of hydrogen-bond acceptors (Lipinski definition) is 2. The van der Waals surface area contributed by atoms with Gasteiger partial charge in [-0.05, 0) is 40.9 Å². The molecule has 1 N–H and O–H groups in total. The fourth-order valence-corrected chi connectivity index (χ4v) is 2.60. The Labute approximate surface area is 120 Å². The molecule has 0 unspecified atom stereocenters. The van der Waals surface area contributed by atoms with E-state index in [0.29, 0.717) is 12.2 Å². The van der Waals surface area contributed by atoms with Crippen LogP contribution in [-0.2, 0) is 6.42 Å². The van der Waals surface area contributed by atoms with E-state index in [1.54, 1.807) is 6.08 Å². The van der Waals surface area contributed by atoms with Crippen molar-refractivity contribution in [2.24, 2.45) is 0 Å². The van der Waals surface area contributed by atoms with Crippen LogP contribution in [0.25, 0.3) is 5.65 Å². The van der Waals surface area contributed by atoms with Crippen LogP contribution in [0.2, 0.25) is 0 Å². The first-order valence-electron chi connectivity index (χ1n) is 6.14. The largest absolute Gasteiger partial charge is 0.347 e. The third-order valence-electron chi connectivity index (χ3n) is 2.90. The molecule has 1 amide bonds. The molecule has 0 saturated heterocycles. The summed E-state index contributed by atoms with van der Waals surface area (Å²) < 4.78 is 2.77. The summed E-state index contributed by atoms with van der Waals surface area (Å²) in [5.41, 5.74) is 3.27. The van der Waals surface area contributed by atoms with Crippen molar-refractivity contribution in [2.75, 3.05) is 6.54 Å². The van der Waals surface area contributed by atoms with Gasteiger partial charge in [0.25, 0.3) is 5.91 Å². The molecule has 0 bridgehead atoms. The van der Waals surface area contributed by atoms with Gasteiger partial charge in [-0.15, -0.1) is 6.58 Å². The Bertz CT molecular complexity index is 646. The number of hydrogen-bond donors (Lipinski definition) is 1. The molecule has 100 valence electrons. The molecular formula is C14H16BrN3O. The normalized spacial score (nSPS) is 10.7. The number of aromatic nitrogens is 2. The van der Waals surface area contributed by atoms with Crippen LogP contribution in [-0.4, -0.2) is 21.8 Å². The summed E-state index contributed by atoms with van der Waals surface area (Å²) in [6.45, 7) is 8.03. The number of pyridine rings is 1. The zero-order chi connectivity index (χ0) is 14.0. The smallest absolute Gasteiger partial charge is 0.270 e. The molecule has 5 heteroatoms. The monoisotopic (exact) mass is 321 g/mol. The maximum Gasteiger partial charge on any atom is 0.270 e. The third kappa shape index (κ3) is 2.56.